The van der Waals surface area contributed by atoms with Gasteiger partial charge in [-0.2, -0.15) is 0 Å². The van der Waals surface area contributed by atoms with E-state index in [0.29, 0.717) is 0 Å². The number of rotatable bonds is 8. The van der Waals surface area contributed by atoms with E-state index < -0.39 is 29.3 Å². The molecule has 8 heteroatoms. The summed E-state index contributed by atoms with van der Waals surface area (Å²) in [6, 6.07) is 9.53. The maximum absolute atomic E-state index is 14.8. The molecule has 1 N–H and O–H groups in total. The minimum absolute atomic E-state index is 0.0432. The van der Waals surface area contributed by atoms with E-state index >= 15 is 0 Å². The van der Waals surface area contributed by atoms with E-state index in [1.807, 2.05) is 13.8 Å². The summed E-state index contributed by atoms with van der Waals surface area (Å²) in [7, 11) is 2.81. The van der Waals surface area contributed by atoms with Crippen LogP contribution < -0.4 is 9.47 Å². The Balaban J connectivity index is 2.22. The number of Topliss-reactive ketones (excluding diaryl/α,β-unsaturated/α-hetero) is 1. The third kappa shape index (κ3) is 4.31. The van der Waals surface area contributed by atoms with Crippen LogP contribution in [0.2, 0.25) is 0 Å². The molecule has 1 amide bonds. The normalized spacial score (nSPS) is 17.8. The minimum Gasteiger partial charge on any atom is -0.506 e. The first-order valence-electron chi connectivity index (χ1n) is 10.2. The van der Waals surface area contributed by atoms with Crippen LogP contribution in [0.4, 0.5) is 4.39 Å². The number of amides is 1. The SMILES string of the molecule is COc1cccc(OC)c1/C(O)=C1\C(=O)C(=O)N(CCOC(C)C)C1c1ccccc1F. The maximum atomic E-state index is 14.8. The number of nitrogens with zero attached hydrogens (tertiary/aromatic N) is 1. The lowest BCUT2D eigenvalue weighted by molar-refractivity contribution is -0.140. The van der Waals surface area contributed by atoms with Gasteiger partial charge >= 0.3 is 0 Å². The highest BCUT2D eigenvalue weighted by molar-refractivity contribution is 6.46. The maximum Gasteiger partial charge on any atom is 0.295 e. The van der Waals surface area contributed by atoms with Gasteiger partial charge in [-0.05, 0) is 32.0 Å². The summed E-state index contributed by atoms with van der Waals surface area (Å²) < 4.78 is 31.0. The van der Waals surface area contributed by atoms with E-state index in [1.54, 1.807) is 24.3 Å². The van der Waals surface area contributed by atoms with Crippen molar-refractivity contribution in [3.8, 4) is 11.5 Å². The fourth-order valence-corrected chi connectivity index (χ4v) is 3.74. The van der Waals surface area contributed by atoms with Crippen LogP contribution in [-0.4, -0.2) is 55.2 Å². The Labute approximate surface area is 186 Å². The lowest BCUT2D eigenvalue weighted by Crippen LogP contribution is -2.33. The molecule has 0 bridgehead atoms. The van der Waals surface area contributed by atoms with Gasteiger partial charge in [0.2, 0.25) is 0 Å². The van der Waals surface area contributed by atoms with Gasteiger partial charge in [0.05, 0.1) is 38.5 Å². The van der Waals surface area contributed by atoms with Gasteiger partial charge in [0.1, 0.15) is 28.6 Å². The van der Waals surface area contributed by atoms with Crippen molar-refractivity contribution in [3.05, 3.63) is 65.0 Å². The Morgan fingerprint density at radius 1 is 1.06 bits per heavy atom. The van der Waals surface area contributed by atoms with Crippen molar-refractivity contribution in [1.82, 2.24) is 4.90 Å². The van der Waals surface area contributed by atoms with E-state index in [2.05, 4.69) is 0 Å². The number of aliphatic hydroxyl groups is 1. The van der Waals surface area contributed by atoms with Crippen molar-refractivity contribution < 1.29 is 33.3 Å². The number of ketones is 1. The lowest BCUT2D eigenvalue weighted by Gasteiger charge is -2.26. The van der Waals surface area contributed by atoms with E-state index in [-0.39, 0.29) is 47.5 Å². The Morgan fingerprint density at radius 3 is 2.25 bits per heavy atom. The molecule has 0 aliphatic carbocycles. The molecule has 0 saturated carbocycles. The summed E-state index contributed by atoms with van der Waals surface area (Å²) in [5.41, 5.74) is -0.0469. The molecule has 1 saturated heterocycles. The number of halogens is 1. The summed E-state index contributed by atoms with van der Waals surface area (Å²) in [6.07, 6.45) is -0.0865. The van der Waals surface area contributed by atoms with Crippen LogP contribution in [0.15, 0.2) is 48.0 Å². The summed E-state index contributed by atoms with van der Waals surface area (Å²) in [5.74, 6) is -2.40. The number of hydrogen-bond acceptors (Lipinski definition) is 6. The van der Waals surface area contributed by atoms with Gasteiger partial charge in [-0.1, -0.05) is 24.3 Å². The molecule has 2 aromatic carbocycles. The quantitative estimate of drug-likeness (QED) is 0.381. The monoisotopic (exact) mass is 443 g/mol. The number of carbonyl (C=O) groups excluding carboxylic acids is 2. The first-order valence-corrected chi connectivity index (χ1v) is 10.2. The molecule has 2 aromatic rings. The van der Waals surface area contributed by atoms with Crippen LogP contribution in [-0.2, 0) is 14.3 Å². The van der Waals surface area contributed by atoms with Crippen LogP contribution >= 0.6 is 0 Å². The third-order valence-corrected chi connectivity index (χ3v) is 5.19. The van der Waals surface area contributed by atoms with Crippen molar-refractivity contribution in [2.24, 2.45) is 0 Å². The summed E-state index contributed by atoms with van der Waals surface area (Å²) in [4.78, 5) is 27.2. The summed E-state index contributed by atoms with van der Waals surface area (Å²) >= 11 is 0. The Morgan fingerprint density at radius 2 is 1.69 bits per heavy atom. The van der Waals surface area contributed by atoms with Crippen LogP contribution in [0.25, 0.3) is 5.76 Å². The van der Waals surface area contributed by atoms with Crippen LogP contribution in [0, 0.1) is 5.82 Å². The van der Waals surface area contributed by atoms with Crippen molar-refractivity contribution in [2.75, 3.05) is 27.4 Å². The number of aliphatic hydroxyl groups excluding tert-OH is 1. The molecule has 3 rings (SSSR count). The molecule has 7 nitrogen and oxygen atoms in total. The predicted molar refractivity (Wildman–Crippen MR) is 116 cm³/mol. The molecule has 0 aromatic heterocycles. The molecule has 1 aliphatic rings. The third-order valence-electron chi connectivity index (χ3n) is 5.19. The molecule has 0 radical (unpaired) electrons. The second kappa shape index (κ2) is 9.82. The molecule has 1 unspecified atom stereocenters. The Hall–Kier alpha value is -3.39. The molecular formula is C24H26FNO6. The second-order valence-corrected chi connectivity index (χ2v) is 7.47. The van der Waals surface area contributed by atoms with Crippen molar-refractivity contribution >= 4 is 17.4 Å². The zero-order chi connectivity index (χ0) is 23.4. The highest BCUT2D eigenvalue weighted by Gasteiger charge is 2.47. The molecule has 32 heavy (non-hydrogen) atoms. The first kappa shape index (κ1) is 23.3. The van der Waals surface area contributed by atoms with Gasteiger partial charge in [-0.25, -0.2) is 4.39 Å². The topological polar surface area (TPSA) is 85.3 Å². The molecular weight excluding hydrogens is 417 g/mol. The first-order chi connectivity index (χ1) is 15.3. The van der Waals surface area contributed by atoms with E-state index in [4.69, 9.17) is 14.2 Å². The van der Waals surface area contributed by atoms with Gasteiger partial charge in [-0.15, -0.1) is 0 Å². The number of likely N-dealkylation sites (tertiary alicyclic amines) is 1. The molecule has 1 atom stereocenters. The molecule has 0 spiro atoms. The highest BCUT2D eigenvalue weighted by atomic mass is 19.1. The van der Waals surface area contributed by atoms with Crippen LogP contribution in [0.1, 0.15) is 31.0 Å². The fourth-order valence-electron chi connectivity index (χ4n) is 3.74. The van der Waals surface area contributed by atoms with E-state index in [1.165, 1.54) is 37.3 Å². The van der Waals surface area contributed by atoms with Crippen molar-refractivity contribution in [1.29, 1.82) is 0 Å². The summed E-state index contributed by atoms with van der Waals surface area (Å²) in [6.45, 7) is 3.88. The lowest BCUT2D eigenvalue weighted by atomic mass is 9.94. The zero-order valence-electron chi connectivity index (χ0n) is 18.4. The number of hydrogen-bond donors (Lipinski definition) is 1. The van der Waals surface area contributed by atoms with E-state index in [9.17, 15) is 19.1 Å². The van der Waals surface area contributed by atoms with Crippen LogP contribution in [0.3, 0.4) is 0 Å². The number of methoxy groups -OCH3 is 2. The fraction of sp³-hybridized carbons (Fsp3) is 0.333. The Kier molecular flexibility index (Phi) is 7.15. The largest absolute Gasteiger partial charge is 0.506 e. The predicted octanol–water partition coefficient (Wildman–Crippen LogP) is 3.69. The smallest absolute Gasteiger partial charge is 0.295 e. The molecule has 1 aliphatic heterocycles. The Bertz CT molecular complexity index is 1030. The van der Waals surface area contributed by atoms with Gasteiger partial charge in [0.15, 0.2) is 0 Å². The van der Waals surface area contributed by atoms with Crippen molar-refractivity contribution in [3.63, 3.8) is 0 Å². The standard InChI is InChI=1S/C24H26FNO6/c1-14(2)32-13-12-26-21(15-8-5-6-9-16(15)25)20(23(28)24(26)29)22(27)19-17(30-3)10-7-11-18(19)31-4/h5-11,14,21,27H,12-13H2,1-4H3/b22-20+. The second-order valence-electron chi connectivity index (χ2n) is 7.47. The average molecular weight is 443 g/mol. The van der Waals surface area contributed by atoms with Gasteiger partial charge < -0.3 is 24.2 Å². The van der Waals surface area contributed by atoms with Crippen molar-refractivity contribution in [2.45, 2.75) is 26.0 Å². The number of carbonyl (C=O) groups is 2. The highest BCUT2D eigenvalue weighted by Crippen LogP contribution is 2.43. The minimum atomic E-state index is -1.14. The molecule has 1 fully saturated rings. The van der Waals surface area contributed by atoms with E-state index in [0.717, 1.165) is 0 Å². The zero-order valence-corrected chi connectivity index (χ0v) is 18.4. The van der Waals surface area contributed by atoms with Crippen LogP contribution in [0.5, 0.6) is 11.5 Å². The summed E-state index contributed by atoms with van der Waals surface area (Å²) in [5, 5.41) is 11.3. The van der Waals surface area contributed by atoms with Gasteiger partial charge in [0.25, 0.3) is 11.7 Å². The van der Waals surface area contributed by atoms with Gasteiger partial charge in [-0.3, -0.25) is 9.59 Å². The molecule has 170 valence electrons. The van der Waals surface area contributed by atoms with Gasteiger partial charge in [0, 0.05) is 12.1 Å². The number of benzene rings is 2. The number of ether oxygens (including phenoxy) is 3. The molecule has 1 heterocycles. The average Bonchev–Trinajstić information content (AvgIpc) is 3.03.